The van der Waals surface area contributed by atoms with Crippen molar-refractivity contribution in [1.82, 2.24) is 9.97 Å². The molecule has 0 amide bonds. The van der Waals surface area contributed by atoms with E-state index in [0.717, 1.165) is 16.9 Å². The van der Waals surface area contributed by atoms with Gasteiger partial charge in [0.1, 0.15) is 0 Å². The van der Waals surface area contributed by atoms with Crippen LogP contribution in [0.15, 0.2) is 97.2 Å². The van der Waals surface area contributed by atoms with Crippen LogP contribution in [0.1, 0.15) is 39.6 Å². The highest BCUT2D eigenvalue weighted by atomic mass is 14.7. The number of pyridine rings is 2. The molecule has 0 aliphatic heterocycles. The van der Waals surface area contributed by atoms with E-state index >= 15 is 0 Å². The topological polar surface area (TPSA) is 25.8 Å². The molecule has 2 heteroatoms. The Morgan fingerprint density at radius 3 is 2.03 bits per heavy atom. The van der Waals surface area contributed by atoms with E-state index in [9.17, 15) is 0 Å². The Kier molecular flexibility index (Phi) is 5.28. The van der Waals surface area contributed by atoms with E-state index in [1.54, 1.807) is 0 Å². The van der Waals surface area contributed by atoms with Crippen molar-refractivity contribution in [3.05, 3.63) is 131 Å². The normalized spacial score (nSPS) is 12.1. The molecule has 0 N–H and O–H groups in total. The first-order valence-corrected chi connectivity index (χ1v) is 11.1. The fraction of sp³-hybridized carbons (Fsp3) is 0.133. The third kappa shape index (κ3) is 3.69. The minimum atomic E-state index is 0.120. The Morgan fingerprint density at radius 2 is 1.34 bits per heavy atom. The van der Waals surface area contributed by atoms with E-state index in [0.29, 0.717) is 0 Å². The maximum absolute atomic E-state index is 4.96. The summed E-state index contributed by atoms with van der Waals surface area (Å²) in [5, 5.41) is 1.20. The second-order valence-electron chi connectivity index (χ2n) is 8.42. The summed E-state index contributed by atoms with van der Waals surface area (Å²) in [6, 6.07) is 32.2. The van der Waals surface area contributed by atoms with Gasteiger partial charge in [-0.05, 0) is 66.8 Å². The first kappa shape index (κ1) is 20.1. The van der Waals surface area contributed by atoms with Gasteiger partial charge in [-0.15, -0.1) is 0 Å². The monoisotopic (exact) mass is 414 g/mol. The lowest BCUT2D eigenvalue weighted by Crippen LogP contribution is -2.05. The number of benzene rings is 3. The van der Waals surface area contributed by atoms with Crippen molar-refractivity contribution in [2.24, 2.45) is 0 Å². The summed E-state index contributed by atoms with van der Waals surface area (Å²) in [5.41, 5.74) is 10.6. The first-order valence-electron chi connectivity index (χ1n) is 11.1. The molecule has 0 fully saturated rings. The molecule has 3 aromatic carbocycles. The van der Waals surface area contributed by atoms with Crippen molar-refractivity contribution in [3.63, 3.8) is 0 Å². The van der Waals surface area contributed by atoms with Crippen LogP contribution in [-0.4, -0.2) is 9.97 Å². The molecule has 0 aliphatic rings. The number of aryl methyl sites for hydroxylation is 3. The van der Waals surface area contributed by atoms with Gasteiger partial charge in [-0.2, -0.15) is 0 Å². The molecule has 1 unspecified atom stereocenters. The maximum atomic E-state index is 4.96. The van der Waals surface area contributed by atoms with Gasteiger partial charge in [-0.3, -0.25) is 9.97 Å². The Bertz CT molecular complexity index is 1370. The van der Waals surface area contributed by atoms with E-state index in [4.69, 9.17) is 4.98 Å². The minimum Gasteiger partial charge on any atom is -0.261 e. The van der Waals surface area contributed by atoms with Crippen LogP contribution in [0.5, 0.6) is 0 Å². The van der Waals surface area contributed by atoms with Crippen molar-refractivity contribution in [1.29, 1.82) is 0 Å². The predicted octanol–water partition coefficient (Wildman–Crippen LogP) is 7.40. The van der Waals surface area contributed by atoms with Gasteiger partial charge in [0.15, 0.2) is 0 Å². The fourth-order valence-corrected chi connectivity index (χ4v) is 4.68. The molecule has 156 valence electrons. The second-order valence-corrected chi connectivity index (χ2v) is 8.42. The number of hydrogen-bond donors (Lipinski definition) is 0. The lowest BCUT2D eigenvalue weighted by molar-refractivity contribution is 0.958. The molecule has 0 saturated carbocycles. The summed E-state index contributed by atoms with van der Waals surface area (Å²) < 4.78 is 0. The zero-order chi connectivity index (χ0) is 22.1. The molecule has 5 rings (SSSR count). The van der Waals surface area contributed by atoms with E-state index in [-0.39, 0.29) is 5.92 Å². The zero-order valence-corrected chi connectivity index (χ0v) is 18.7. The molecule has 2 heterocycles. The summed E-state index contributed by atoms with van der Waals surface area (Å²) in [5.74, 6) is 0.120. The summed E-state index contributed by atoms with van der Waals surface area (Å²) in [7, 11) is 0. The molecule has 2 aromatic heterocycles. The van der Waals surface area contributed by atoms with Gasteiger partial charge in [0, 0.05) is 34.5 Å². The van der Waals surface area contributed by atoms with Crippen LogP contribution in [-0.2, 0) is 0 Å². The molecule has 0 bridgehead atoms. The number of fused-ring (bicyclic) bond motifs is 1. The lowest BCUT2D eigenvalue weighted by Gasteiger charge is -2.20. The Morgan fingerprint density at radius 1 is 0.656 bits per heavy atom. The molecular formula is C30H26N2. The number of hydrogen-bond acceptors (Lipinski definition) is 2. The van der Waals surface area contributed by atoms with E-state index in [1.165, 1.54) is 38.8 Å². The van der Waals surface area contributed by atoms with Gasteiger partial charge in [0.25, 0.3) is 0 Å². The molecule has 0 aliphatic carbocycles. The van der Waals surface area contributed by atoms with Crippen LogP contribution in [0.3, 0.4) is 0 Å². The fourth-order valence-electron chi connectivity index (χ4n) is 4.68. The Hall–Kier alpha value is -3.78. The number of aromatic nitrogens is 2. The van der Waals surface area contributed by atoms with Crippen LogP contribution in [0.2, 0.25) is 0 Å². The van der Waals surface area contributed by atoms with Gasteiger partial charge in [-0.25, -0.2) is 0 Å². The molecule has 0 saturated heterocycles. The van der Waals surface area contributed by atoms with Gasteiger partial charge in [0.2, 0.25) is 0 Å². The van der Waals surface area contributed by atoms with Crippen molar-refractivity contribution < 1.29 is 0 Å². The van der Waals surface area contributed by atoms with Crippen LogP contribution < -0.4 is 0 Å². The van der Waals surface area contributed by atoms with Crippen molar-refractivity contribution in [2.75, 3.05) is 0 Å². The minimum absolute atomic E-state index is 0.120. The van der Waals surface area contributed by atoms with E-state index < -0.39 is 0 Å². The third-order valence-electron chi connectivity index (χ3n) is 6.25. The summed E-state index contributed by atoms with van der Waals surface area (Å²) in [4.78, 5) is 9.54. The summed E-state index contributed by atoms with van der Waals surface area (Å²) in [6.07, 6.45) is 2.01. The Labute approximate surface area is 189 Å². The van der Waals surface area contributed by atoms with Gasteiger partial charge < -0.3 is 0 Å². The van der Waals surface area contributed by atoms with Gasteiger partial charge in [-0.1, -0.05) is 72.8 Å². The first-order chi connectivity index (χ1) is 15.6. The molecular weight excluding hydrogens is 388 g/mol. The SMILES string of the molecule is Cc1ccc(C(c2ccccc2)c2ccc3nc(C)c(-c4ccccc4)c(C)c3c2)cn1. The average molecular weight is 415 g/mol. The molecule has 5 aromatic rings. The highest BCUT2D eigenvalue weighted by Crippen LogP contribution is 2.36. The quantitative estimate of drug-likeness (QED) is 0.306. The lowest BCUT2D eigenvalue weighted by atomic mass is 9.84. The molecule has 32 heavy (non-hydrogen) atoms. The molecule has 2 nitrogen and oxygen atoms in total. The zero-order valence-electron chi connectivity index (χ0n) is 18.7. The smallest absolute Gasteiger partial charge is 0.0708 e. The van der Waals surface area contributed by atoms with Gasteiger partial charge >= 0.3 is 0 Å². The highest BCUT2D eigenvalue weighted by molar-refractivity contribution is 5.90. The van der Waals surface area contributed by atoms with Crippen LogP contribution >= 0.6 is 0 Å². The standard InChI is InChI=1S/C30H26N2/c1-20-14-15-26(19-31-20)30(24-12-8-5-9-13-24)25-16-17-28-27(18-25)21(2)29(22(3)32-28)23-10-6-4-7-11-23/h4-19,30H,1-3H3. The summed E-state index contributed by atoms with van der Waals surface area (Å²) in [6.45, 7) is 6.35. The molecule has 0 radical (unpaired) electrons. The molecule has 0 spiro atoms. The van der Waals surface area contributed by atoms with Crippen molar-refractivity contribution in [2.45, 2.75) is 26.7 Å². The molecule has 1 atom stereocenters. The van der Waals surface area contributed by atoms with Crippen LogP contribution in [0.25, 0.3) is 22.0 Å². The van der Waals surface area contributed by atoms with Crippen LogP contribution in [0.4, 0.5) is 0 Å². The maximum Gasteiger partial charge on any atom is 0.0708 e. The second kappa shape index (κ2) is 8.39. The number of nitrogens with zero attached hydrogens (tertiary/aromatic N) is 2. The largest absolute Gasteiger partial charge is 0.261 e. The predicted molar refractivity (Wildman–Crippen MR) is 133 cm³/mol. The van der Waals surface area contributed by atoms with Crippen LogP contribution in [0, 0.1) is 20.8 Å². The summed E-state index contributed by atoms with van der Waals surface area (Å²) >= 11 is 0. The number of rotatable bonds is 4. The average Bonchev–Trinajstić information content (AvgIpc) is 2.82. The highest BCUT2D eigenvalue weighted by Gasteiger charge is 2.19. The van der Waals surface area contributed by atoms with Crippen molar-refractivity contribution in [3.8, 4) is 11.1 Å². The van der Waals surface area contributed by atoms with Gasteiger partial charge in [0.05, 0.1) is 5.52 Å². The van der Waals surface area contributed by atoms with Crippen molar-refractivity contribution >= 4 is 10.9 Å². The Balaban J connectivity index is 1.72. The van der Waals surface area contributed by atoms with E-state index in [1.807, 2.05) is 13.1 Å². The third-order valence-corrected chi connectivity index (χ3v) is 6.25. The van der Waals surface area contributed by atoms with E-state index in [2.05, 4.69) is 110 Å².